The summed E-state index contributed by atoms with van der Waals surface area (Å²) in [5.41, 5.74) is 5.94. The van der Waals surface area contributed by atoms with Gasteiger partial charge in [-0.25, -0.2) is 5.43 Å². The van der Waals surface area contributed by atoms with E-state index in [2.05, 4.69) is 15.5 Å². The molecule has 2 heterocycles. The van der Waals surface area contributed by atoms with E-state index in [4.69, 9.17) is 4.74 Å². The number of H-pyrrole nitrogens is 1. The average Bonchev–Trinajstić information content (AvgIpc) is 2.93. The van der Waals surface area contributed by atoms with E-state index in [1.165, 1.54) is 0 Å². The second kappa shape index (κ2) is 5.09. The van der Waals surface area contributed by atoms with Crippen molar-refractivity contribution in [3.63, 3.8) is 0 Å². The number of aromatic nitrogens is 1. The number of carbonyl (C=O) groups excluding carboxylic acids is 1. The molecule has 3 rings (SSSR count). The Bertz CT molecular complexity index is 769. The van der Waals surface area contributed by atoms with Crippen molar-refractivity contribution >= 4 is 28.8 Å². The number of para-hydroxylation sites is 1. The Morgan fingerprint density at radius 1 is 1.29 bits per heavy atom. The van der Waals surface area contributed by atoms with Gasteiger partial charge in [0.2, 0.25) is 5.90 Å². The van der Waals surface area contributed by atoms with Gasteiger partial charge >= 0.3 is 0 Å². The van der Waals surface area contributed by atoms with Gasteiger partial charge in [0.15, 0.2) is 0 Å². The molecule has 1 aliphatic rings. The van der Waals surface area contributed by atoms with Crippen LogP contribution in [0.3, 0.4) is 0 Å². The normalized spacial score (nSPS) is 16.7. The van der Waals surface area contributed by atoms with Crippen molar-refractivity contribution in [1.82, 2.24) is 10.4 Å². The first kappa shape index (κ1) is 13.4. The molecule has 5 heteroatoms. The molecule has 21 heavy (non-hydrogen) atoms. The van der Waals surface area contributed by atoms with Crippen LogP contribution in [0.4, 0.5) is 0 Å². The Morgan fingerprint density at radius 3 is 2.81 bits per heavy atom. The highest BCUT2D eigenvalue weighted by molar-refractivity contribution is 6.25. The third kappa shape index (κ3) is 2.42. The number of hydrogen-bond acceptors (Lipinski definition) is 3. The highest BCUT2D eigenvalue weighted by atomic mass is 16.5. The standard InChI is InChI=1S/C16H17N3O2/c1-9(2)21-16-13(15(20)18-19-16)8-12-10(3)17-14-7-5-4-6-11(12)14/h4-9,17H,1-3H3,(H,18,20). The fourth-order valence-corrected chi connectivity index (χ4v) is 2.39. The van der Waals surface area contributed by atoms with E-state index in [1.807, 2.05) is 51.1 Å². The zero-order valence-corrected chi connectivity index (χ0v) is 12.2. The lowest BCUT2D eigenvalue weighted by Gasteiger charge is -2.08. The predicted octanol–water partition coefficient (Wildman–Crippen LogP) is 2.73. The zero-order chi connectivity index (χ0) is 15.0. The van der Waals surface area contributed by atoms with E-state index < -0.39 is 0 Å². The molecule has 2 N–H and O–H groups in total. The summed E-state index contributed by atoms with van der Waals surface area (Å²) in [5.74, 6) is 0.106. The molecule has 1 aliphatic heterocycles. The highest BCUT2D eigenvalue weighted by Gasteiger charge is 2.25. The molecule has 0 saturated heterocycles. The van der Waals surface area contributed by atoms with Gasteiger partial charge in [-0.1, -0.05) is 18.2 Å². The van der Waals surface area contributed by atoms with E-state index in [-0.39, 0.29) is 12.0 Å². The van der Waals surface area contributed by atoms with Crippen molar-refractivity contribution in [2.75, 3.05) is 0 Å². The monoisotopic (exact) mass is 283 g/mol. The largest absolute Gasteiger partial charge is 0.473 e. The van der Waals surface area contributed by atoms with E-state index in [1.54, 1.807) is 0 Å². The lowest BCUT2D eigenvalue weighted by molar-refractivity contribution is -0.116. The number of nitrogens with one attached hydrogen (secondary N) is 2. The number of hydrogen-bond donors (Lipinski definition) is 2. The van der Waals surface area contributed by atoms with Gasteiger partial charge in [0, 0.05) is 22.2 Å². The van der Waals surface area contributed by atoms with Crippen molar-refractivity contribution in [3.8, 4) is 0 Å². The van der Waals surface area contributed by atoms with Crippen LogP contribution in [0.15, 0.2) is 34.9 Å². The van der Waals surface area contributed by atoms with Crippen molar-refractivity contribution in [3.05, 3.63) is 41.1 Å². The molecule has 1 aromatic heterocycles. The van der Waals surface area contributed by atoms with E-state index in [0.29, 0.717) is 11.5 Å². The molecule has 1 amide bonds. The summed E-state index contributed by atoms with van der Waals surface area (Å²) < 4.78 is 5.58. The van der Waals surface area contributed by atoms with Crippen LogP contribution in [0.1, 0.15) is 25.1 Å². The van der Waals surface area contributed by atoms with Crippen LogP contribution in [0, 0.1) is 6.92 Å². The van der Waals surface area contributed by atoms with Gasteiger partial charge in [-0.15, -0.1) is 5.10 Å². The maximum atomic E-state index is 12.0. The van der Waals surface area contributed by atoms with Crippen molar-refractivity contribution < 1.29 is 9.53 Å². The molecule has 0 bridgehead atoms. The first-order valence-electron chi connectivity index (χ1n) is 6.90. The molecule has 0 atom stereocenters. The fraction of sp³-hybridized carbons (Fsp3) is 0.250. The molecule has 0 unspecified atom stereocenters. The summed E-state index contributed by atoms with van der Waals surface area (Å²) >= 11 is 0. The molecule has 5 nitrogen and oxygen atoms in total. The van der Waals surface area contributed by atoms with Crippen LogP contribution >= 0.6 is 0 Å². The summed E-state index contributed by atoms with van der Waals surface area (Å²) in [6.45, 7) is 5.79. The molecule has 0 fully saturated rings. The van der Waals surface area contributed by atoms with Gasteiger partial charge in [0.05, 0.1) is 6.10 Å². The Kier molecular flexibility index (Phi) is 3.25. The van der Waals surface area contributed by atoms with Gasteiger partial charge in [0.25, 0.3) is 5.91 Å². The summed E-state index contributed by atoms with van der Waals surface area (Å²) in [7, 11) is 0. The number of amides is 1. The van der Waals surface area contributed by atoms with Gasteiger partial charge in [0.1, 0.15) is 5.57 Å². The van der Waals surface area contributed by atoms with Crippen molar-refractivity contribution in [2.24, 2.45) is 5.10 Å². The Balaban J connectivity index is 2.08. The number of ether oxygens (including phenoxy) is 1. The smallest absolute Gasteiger partial charge is 0.277 e. The number of aryl methyl sites for hydroxylation is 1. The van der Waals surface area contributed by atoms with Gasteiger partial charge in [-0.2, -0.15) is 0 Å². The highest BCUT2D eigenvalue weighted by Crippen LogP contribution is 2.25. The zero-order valence-electron chi connectivity index (χ0n) is 12.2. The molecule has 0 radical (unpaired) electrons. The number of aromatic amines is 1. The fourth-order valence-electron chi connectivity index (χ4n) is 2.39. The number of hydrazone groups is 1. The second-order valence-corrected chi connectivity index (χ2v) is 5.29. The SMILES string of the molecule is Cc1[nH]c2ccccc2c1C=C1C(=O)NN=C1OC(C)C. The Hall–Kier alpha value is -2.56. The van der Waals surface area contributed by atoms with Crippen molar-refractivity contribution in [1.29, 1.82) is 0 Å². The molecule has 108 valence electrons. The second-order valence-electron chi connectivity index (χ2n) is 5.29. The Labute approximate surface area is 122 Å². The number of rotatable bonds is 2. The number of nitrogens with zero attached hydrogens (tertiary/aromatic N) is 1. The van der Waals surface area contributed by atoms with Crippen LogP contribution in [0.25, 0.3) is 17.0 Å². The molecular formula is C16H17N3O2. The van der Waals surface area contributed by atoms with Crippen LogP contribution in [0.2, 0.25) is 0 Å². The predicted molar refractivity (Wildman–Crippen MR) is 82.8 cm³/mol. The number of carbonyl (C=O) groups is 1. The summed E-state index contributed by atoms with van der Waals surface area (Å²) in [6, 6.07) is 8.00. The first-order chi connectivity index (χ1) is 10.1. The van der Waals surface area contributed by atoms with Crippen LogP contribution in [-0.4, -0.2) is 22.9 Å². The molecule has 2 aromatic rings. The summed E-state index contributed by atoms with van der Waals surface area (Å²) in [5, 5.41) is 5.02. The van der Waals surface area contributed by atoms with Crippen LogP contribution < -0.4 is 5.43 Å². The summed E-state index contributed by atoms with van der Waals surface area (Å²) in [4.78, 5) is 15.3. The maximum Gasteiger partial charge on any atom is 0.277 e. The summed E-state index contributed by atoms with van der Waals surface area (Å²) in [6.07, 6.45) is 1.79. The lowest BCUT2D eigenvalue weighted by Crippen LogP contribution is -2.16. The van der Waals surface area contributed by atoms with Crippen molar-refractivity contribution in [2.45, 2.75) is 26.9 Å². The molecule has 0 aliphatic carbocycles. The van der Waals surface area contributed by atoms with Crippen LogP contribution in [-0.2, 0) is 9.53 Å². The molecule has 1 aromatic carbocycles. The first-order valence-corrected chi connectivity index (χ1v) is 6.90. The quantitative estimate of drug-likeness (QED) is 0.832. The minimum atomic E-state index is -0.240. The van der Waals surface area contributed by atoms with Crippen LogP contribution in [0.5, 0.6) is 0 Å². The minimum absolute atomic E-state index is 0.0380. The maximum absolute atomic E-state index is 12.0. The van der Waals surface area contributed by atoms with E-state index in [9.17, 15) is 4.79 Å². The number of fused-ring (bicyclic) bond motifs is 1. The third-order valence-electron chi connectivity index (χ3n) is 3.31. The van der Waals surface area contributed by atoms with Gasteiger partial charge < -0.3 is 9.72 Å². The molecule has 0 spiro atoms. The topological polar surface area (TPSA) is 66.5 Å². The molecular weight excluding hydrogens is 266 g/mol. The third-order valence-corrected chi connectivity index (χ3v) is 3.31. The van der Waals surface area contributed by atoms with Gasteiger partial charge in [-0.3, -0.25) is 4.79 Å². The molecule has 0 saturated carbocycles. The lowest BCUT2D eigenvalue weighted by atomic mass is 10.1. The van der Waals surface area contributed by atoms with E-state index in [0.717, 1.165) is 22.2 Å². The number of benzene rings is 1. The minimum Gasteiger partial charge on any atom is -0.473 e. The Morgan fingerprint density at radius 2 is 2.05 bits per heavy atom. The average molecular weight is 283 g/mol. The van der Waals surface area contributed by atoms with E-state index >= 15 is 0 Å². The van der Waals surface area contributed by atoms with Gasteiger partial charge in [-0.05, 0) is 32.9 Å².